The zero-order valence-corrected chi connectivity index (χ0v) is 9.73. The van der Waals surface area contributed by atoms with Crippen LogP contribution in [0.5, 0.6) is 0 Å². The van der Waals surface area contributed by atoms with E-state index in [1.165, 1.54) is 0 Å². The number of aliphatic hydroxyl groups is 1. The van der Waals surface area contributed by atoms with Crippen molar-refractivity contribution in [2.24, 2.45) is 0 Å². The Morgan fingerprint density at radius 1 is 1.38 bits per heavy atom. The van der Waals surface area contributed by atoms with Gasteiger partial charge in [-0.1, -0.05) is 0 Å². The smallest absolute Gasteiger partial charge is 0.222 e. The molecule has 0 aliphatic carbocycles. The first-order valence-corrected chi connectivity index (χ1v) is 6.33. The molecule has 2 fully saturated rings. The van der Waals surface area contributed by atoms with Gasteiger partial charge in [-0.25, -0.2) is 0 Å². The summed E-state index contributed by atoms with van der Waals surface area (Å²) >= 11 is 0. The normalized spacial score (nSPS) is 30.7. The standard InChI is InChI=1S/C12H21NO3/c14-10-3-1-7-13(9-10)12(15)6-5-11-4-2-8-16-11/h10-11,14H,1-9H2. The number of carbonyl (C=O) groups excluding carboxylic acids is 1. The van der Waals surface area contributed by atoms with Gasteiger partial charge in [0.05, 0.1) is 12.2 Å². The molecule has 16 heavy (non-hydrogen) atoms. The summed E-state index contributed by atoms with van der Waals surface area (Å²) in [4.78, 5) is 13.7. The first kappa shape index (κ1) is 11.9. The molecule has 2 saturated heterocycles. The summed E-state index contributed by atoms with van der Waals surface area (Å²) in [5.41, 5.74) is 0. The molecule has 0 radical (unpaired) electrons. The minimum absolute atomic E-state index is 0.175. The molecular formula is C12H21NO3. The molecular weight excluding hydrogens is 206 g/mol. The molecule has 2 heterocycles. The zero-order valence-electron chi connectivity index (χ0n) is 9.73. The molecule has 4 nitrogen and oxygen atoms in total. The fourth-order valence-corrected chi connectivity index (χ4v) is 2.50. The maximum Gasteiger partial charge on any atom is 0.222 e. The SMILES string of the molecule is O=C(CCC1CCCO1)N1CCCC(O)C1. The highest BCUT2D eigenvalue weighted by molar-refractivity contribution is 5.76. The summed E-state index contributed by atoms with van der Waals surface area (Å²) < 4.78 is 5.49. The minimum atomic E-state index is -0.319. The molecule has 0 aromatic heterocycles. The van der Waals surface area contributed by atoms with E-state index in [2.05, 4.69) is 0 Å². The highest BCUT2D eigenvalue weighted by Crippen LogP contribution is 2.18. The fourth-order valence-electron chi connectivity index (χ4n) is 2.50. The number of hydrogen-bond donors (Lipinski definition) is 1. The van der Waals surface area contributed by atoms with Crippen molar-refractivity contribution in [1.29, 1.82) is 0 Å². The maximum absolute atomic E-state index is 11.9. The van der Waals surface area contributed by atoms with E-state index in [4.69, 9.17) is 4.74 Å². The molecule has 2 atom stereocenters. The second-order valence-electron chi connectivity index (χ2n) is 4.81. The van der Waals surface area contributed by atoms with E-state index >= 15 is 0 Å². The fraction of sp³-hybridized carbons (Fsp3) is 0.917. The maximum atomic E-state index is 11.9. The van der Waals surface area contributed by atoms with E-state index < -0.39 is 0 Å². The van der Waals surface area contributed by atoms with Crippen molar-refractivity contribution < 1.29 is 14.6 Å². The average Bonchev–Trinajstić information content (AvgIpc) is 2.78. The number of aliphatic hydroxyl groups excluding tert-OH is 1. The van der Waals surface area contributed by atoms with E-state index in [0.717, 1.165) is 45.3 Å². The Labute approximate surface area is 96.6 Å². The molecule has 4 heteroatoms. The van der Waals surface area contributed by atoms with Gasteiger partial charge >= 0.3 is 0 Å². The second kappa shape index (κ2) is 5.64. The average molecular weight is 227 g/mol. The van der Waals surface area contributed by atoms with Crippen molar-refractivity contribution in [2.75, 3.05) is 19.7 Å². The van der Waals surface area contributed by atoms with Gasteiger partial charge in [0.25, 0.3) is 0 Å². The Morgan fingerprint density at radius 3 is 2.94 bits per heavy atom. The van der Waals surface area contributed by atoms with Gasteiger partial charge in [0, 0.05) is 26.1 Å². The van der Waals surface area contributed by atoms with E-state index in [1.807, 2.05) is 0 Å². The molecule has 1 N–H and O–H groups in total. The highest BCUT2D eigenvalue weighted by Gasteiger charge is 2.23. The van der Waals surface area contributed by atoms with Crippen LogP contribution in [0, 0.1) is 0 Å². The molecule has 2 aliphatic heterocycles. The number of carbonyl (C=O) groups is 1. The van der Waals surface area contributed by atoms with Crippen molar-refractivity contribution in [3.63, 3.8) is 0 Å². The van der Waals surface area contributed by atoms with Gasteiger partial charge < -0.3 is 14.7 Å². The number of hydrogen-bond acceptors (Lipinski definition) is 3. The number of piperidine rings is 1. The largest absolute Gasteiger partial charge is 0.391 e. The Bertz CT molecular complexity index is 238. The summed E-state index contributed by atoms with van der Waals surface area (Å²) in [5.74, 6) is 0.175. The molecule has 0 bridgehead atoms. The van der Waals surface area contributed by atoms with Crippen LogP contribution in [-0.2, 0) is 9.53 Å². The Balaban J connectivity index is 1.70. The molecule has 0 aromatic rings. The number of likely N-dealkylation sites (tertiary alicyclic amines) is 1. The first-order valence-electron chi connectivity index (χ1n) is 6.33. The summed E-state index contributed by atoms with van der Waals surface area (Å²) in [6.45, 7) is 2.17. The third-order valence-corrected chi connectivity index (χ3v) is 3.45. The summed E-state index contributed by atoms with van der Waals surface area (Å²) in [6.07, 6.45) is 5.35. The third kappa shape index (κ3) is 3.19. The van der Waals surface area contributed by atoms with Crippen molar-refractivity contribution in [3.8, 4) is 0 Å². The predicted octanol–water partition coefficient (Wildman–Crippen LogP) is 0.929. The summed E-state index contributed by atoms with van der Waals surface area (Å²) in [7, 11) is 0. The van der Waals surface area contributed by atoms with Gasteiger partial charge in [-0.3, -0.25) is 4.79 Å². The first-order chi connectivity index (χ1) is 7.75. The lowest BCUT2D eigenvalue weighted by Crippen LogP contribution is -2.42. The number of amides is 1. The van der Waals surface area contributed by atoms with Gasteiger partial charge in [-0.2, -0.15) is 0 Å². The number of nitrogens with zero attached hydrogens (tertiary/aromatic N) is 1. The van der Waals surface area contributed by atoms with Gasteiger partial charge in [-0.05, 0) is 32.1 Å². The molecule has 92 valence electrons. The zero-order chi connectivity index (χ0) is 11.4. The number of β-amino-alcohol motifs (C(OH)–C–C–N with tert-alkyl or cyclic N) is 1. The van der Waals surface area contributed by atoms with Crippen LogP contribution in [0.3, 0.4) is 0 Å². The van der Waals surface area contributed by atoms with Crippen LogP contribution in [0.2, 0.25) is 0 Å². The van der Waals surface area contributed by atoms with Crippen molar-refractivity contribution in [3.05, 3.63) is 0 Å². The van der Waals surface area contributed by atoms with E-state index in [9.17, 15) is 9.90 Å². The lowest BCUT2D eigenvalue weighted by molar-refractivity contribution is -0.134. The predicted molar refractivity (Wildman–Crippen MR) is 60.0 cm³/mol. The minimum Gasteiger partial charge on any atom is -0.391 e. The lowest BCUT2D eigenvalue weighted by Gasteiger charge is -2.30. The van der Waals surface area contributed by atoms with Crippen molar-refractivity contribution in [1.82, 2.24) is 4.90 Å². The quantitative estimate of drug-likeness (QED) is 0.780. The van der Waals surface area contributed by atoms with Crippen LogP contribution in [-0.4, -0.2) is 47.8 Å². The van der Waals surface area contributed by atoms with Crippen LogP contribution < -0.4 is 0 Å². The van der Waals surface area contributed by atoms with Crippen LogP contribution in [0.1, 0.15) is 38.5 Å². The highest BCUT2D eigenvalue weighted by atomic mass is 16.5. The van der Waals surface area contributed by atoms with Crippen molar-refractivity contribution >= 4 is 5.91 Å². The monoisotopic (exact) mass is 227 g/mol. The molecule has 0 spiro atoms. The molecule has 2 aliphatic rings. The lowest BCUT2D eigenvalue weighted by atomic mass is 10.1. The van der Waals surface area contributed by atoms with Crippen LogP contribution >= 0.6 is 0 Å². The van der Waals surface area contributed by atoms with Crippen LogP contribution in [0.25, 0.3) is 0 Å². The van der Waals surface area contributed by atoms with Gasteiger partial charge in [0.15, 0.2) is 0 Å². The third-order valence-electron chi connectivity index (χ3n) is 3.45. The van der Waals surface area contributed by atoms with Gasteiger partial charge in [-0.15, -0.1) is 0 Å². The van der Waals surface area contributed by atoms with Crippen molar-refractivity contribution in [2.45, 2.75) is 50.7 Å². The van der Waals surface area contributed by atoms with Crippen LogP contribution in [0.15, 0.2) is 0 Å². The van der Waals surface area contributed by atoms with Gasteiger partial charge in [0.2, 0.25) is 5.91 Å². The molecule has 0 aromatic carbocycles. The van der Waals surface area contributed by atoms with Crippen LogP contribution in [0.4, 0.5) is 0 Å². The van der Waals surface area contributed by atoms with E-state index in [1.54, 1.807) is 4.90 Å². The Hall–Kier alpha value is -0.610. The Kier molecular flexibility index (Phi) is 4.18. The molecule has 2 rings (SSSR count). The topological polar surface area (TPSA) is 49.8 Å². The Morgan fingerprint density at radius 2 is 2.25 bits per heavy atom. The summed E-state index contributed by atoms with van der Waals surface area (Å²) in [6, 6.07) is 0. The number of ether oxygens (including phenoxy) is 1. The second-order valence-corrected chi connectivity index (χ2v) is 4.81. The number of rotatable bonds is 3. The van der Waals surface area contributed by atoms with E-state index in [-0.39, 0.29) is 12.0 Å². The molecule has 0 saturated carbocycles. The van der Waals surface area contributed by atoms with Gasteiger partial charge in [0.1, 0.15) is 0 Å². The molecule has 1 amide bonds. The summed E-state index contributed by atoms with van der Waals surface area (Å²) in [5, 5.41) is 9.49. The van der Waals surface area contributed by atoms with E-state index in [0.29, 0.717) is 19.1 Å². The molecule has 2 unspecified atom stereocenters.